The average molecular weight is 421 g/mol. The van der Waals surface area contributed by atoms with Crippen molar-refractivity contribution < 1.29 is 27.2 Å². The van der Waals surface area contributed by atoms with Gasteiger partial charge in [-0.3, -0.25) is 4.79 Å². The van der Waals surface area contributed by atoms with E-state index in [1.165, 1.54) is 4.90 Å². The fourth-order valence-electron chi connectivity index (χ4n) is 4.13. The number of alkyl halides is 3. The summed E-state index contributed by atoms with van der Waals surface area (Å²) in [6.07, 6.45) is -4.74. The first-order valence-corrected chi connectivity index (χ1v) is 9.45. The van der Waals surface area contributed by atoms with Crippen molar-refractivity contribution in [3.8, 4) is 0 Å². The maximum Gasteiger partial charge on any atom is 0.416 e. The molecule has 3 amide bonds. The fraction of sp³-hybridized carbons (Fsp3) is 0.333. The summed E-state index contributed by atoms with van der Waals surface area (Å²) in [7, 11) is 0. The molecule has 2 aliphatic heterocycles. The summed E-state index contributed by atoms with van der Waals surface area (Å²) in [6, 6.07) is 8.44. The number of carbonyl (C=O) groups excluding carboxylic acids is 2. The van der Waals surface area contributed by atoms with Gasteiger partial charge in [-0.15, -0.1) is 0 Å². The number of amides is 3. The van der Waals surface area contributed by atoms with Crippen molar-refractivity contribution in [3.63, 3.8) is 0 Å². The van der Waals surface area contributed by atoms with Crippen molar-refractivity contribution in [1.82, 2.24) is 9.80 Å². The first-order chi connectivity index (χ1) is 14.1. The maximum absolute atomic E-state index is 13.6. The normalized spacial score (nSPS) is 21.2. The molecule has 2 aliphatic rings. The highest BCUT2D eigenvalue weighted by Gasteiger charge is 2.40. The fourth-order valence-corrected chi connectivity index (χ4v) is 4.13. The molecule has 5 nitrogen and oxygen atoms in total. The van der Waals surface area contributed by atoms with Crippen molar-refractivity contribution in [2.75, 3.05) is 25.0 Å². The Balaban J connectivity index is 1.56. The van der Waals surface area contributed by atoms with Gasteiger partial charge in [0.05, 0.1) is 11.6 Å². The third-order valence-electron chi connectivity index (χ3n) is 5.54. The van der Waals surface area contributed by atoms with Crippen LogP contribution in [-0.4, -0.2) is 41.4 Å². The van der Waals surface area contributed by atoms with Crippen LogP contribution in [0.1, 0.15) is 35.6 Å². The van der Waals surface area contributed by atoms with Crippen LogP contribution in [0.4, 0.5) is 28.0 Å². The highest BCUT2D eigenvalue weighted by molar-refractivity contribution is 5.93. The maximum atomic E-state index is 13.6. The molecular formula is C21H19F4N3O2. The lowest BCUT2D eigenvalue weighted by Gasteiger charge is -2.46. The van der Waals surface area contributed by atoms with E-state index in [1.807, 2.05) is 31.2 Å². The van der Waals surface area contributed by atoms with Gasteiger partial charge in [-0.05, 0) is 35.2 Å². The Morgan fingerprint density at radius 3 is 2.50 bits per heavy atom. The van der Waals surface area contributed by atoms with Gasteiger partial charge in [0.25, 0.3) is 0 Å². The predicted molar refractivity (Wildman–Crippen MR) is 101 cm³/mol. The van der Waals surface area contributed by atoms with E-state index in [2.05, 4.69) is 5.32 Å². The number of rotatable bonds is 1. The molecule has 0 saturated carbocycles. The van der Waals surface area contributed by atoms with Crippen LogP contribution >= 0.6 is 0 Å². The molecule has 1 fully saturated rings. The van der Waals surface area contributed by atoms with Crippen molar-refractivity contribution in [1.29, 1.82) is 0 Å². The molecule has 9 heteroatoms. The zero-order valence-electron chi connectivity index (χ0n) is 16.0. The monoisotopic (exact) mass is 421 g/mol. The van der Waals surface area contributed by atoms with Crippen LogP contribution in [0.5, 0.6) is 0 Å². The molecule has 0 radical (unpaired) electrons. The molecule has 30 heavy (non-hydrogen) atoms. The summed E-state index contributed by atoms with van der Waals surface area (Å²) in [5.41, 5.74) is 0.537. The molecule has 4 rings (SSSR count). The van der Waals surface area contributed by atoms with Crippen molar-refractivity contribution in [2.45, 2.75) is 25.1 Å². The van der Waals surface area contributed by atoms with Gasteiger partial charge in [0.15, 0.2) is 0 Å². The van der Waals surface area contributed by atoms with E-state index in [-0.39, 0.29) is 36.6 Å². The van der Waals surface area contributed by atoms with E-state index in [0.717, 1.165) is 17.2 Å². The quantitative estimate of drug-likeness (QED) is 0.695. The molecule has 2 unspecified atom stereocenters. The predicted octanol–water partition coefficient (Wildman–Crippen LogP) is 4.38. The topological polar surface area (TPSA) is 52.7 Å². The van der Waals surface area contributed by atoms with Crippen molar-refractivity contribution in [3.05, 3.63) is 65.0 Å². The van der Waals surface area contributed by atoms with E-state index < -0.39 is 23.6 Å². The number of hydrogen-bond acceptors (Lipinski definition) is 2. The Hall–Kier alpha value is -3.10. The van der Waals surface area contributed by atoms with E-state index in [0.29, 0.717) is 18.7 Å². The van der Waals surface area contributed by atoms with Crippen LogP contribution in [0.25, 0.3) is 0 Å². The van der Waals surface area contributed by atoms with Gasteiger partial charge in [-0.25, -0.2) is 9.18 Å². The molecule has 2 heterocycles. The second-order valence-electron chi connectivity index (χ2n) is 7.63. The van der Waals surface area contributed by atoms with E-state index in [4.69, 9.17) is 0 Å². The second-order valence-corrected chi connectivity index (χ2v) is 7.63. The number of benzene rings is 2. The minimum Gasteiger partial charge on any atom is -0.332 e. The van der Waals surface area contributed by atoms with Crippen molar-refractivity contribution in [2.24, 2.45) is 0 Å². The largest absolute Gasteiger partial charge is 0.416 e. The first-order valence-electron chi connectivity index (χ1n) is 9.45. The SMILES string of the molecule is CC1CN2C(=O)CN(C(=O)Nc3cc(F)cc(C(F)(F)F)c3)CC2c2ccccc21. The summed E-state index contributed by atoms with van der Waals surface area (Å²) in [5.74, 6) is -1.19. The van der Waals surface area contributed by atoms with Crippen LogP contribution in [0.15, 0.2) is 42.5 Å². The highest BCUT2D eigenvalue weighted by Crippen LogP contribution is 2.38. The summed E-state index contributed by atoms with van der Waals surface area (Å²) >= 11 is 0. The van der Waals surface area contributed by atoms with Crippen LogP contribution in [-0.2, 0) is 11.0 Å². The summed E-state index contributed by atoms with van der Waals surface area (Å²) in [4.78, 5) is 28.3. The Labute approximate surface area is 170 Å². The van der Waals surface area contributed by atoms with Gasteiger partial charge in [0, 0.05) is 18.8 Å². The van der Waals surface area contributed by atoms with E-state index in [1.54, 1.807) is 4.90 Å². The molecule has 2 aromatic rings. The number of hydrogen-bond donors (Lipinski definition) is 1. The Morgan fingerprint density at radius 1 is 1.10 bits per heavy atom. The number of carbonyl (C=O) groups is 2. The average Bonchev–Trinajstić information content (AvgIpc) is 2.68. The molecule has 0 spiro atoms. The molecule has 1 N–H and O–H groups in total. The number of nitrogens with one attached hydrogen (secondary N) is 1. The smallest absolute Gasteiger partial charge is 0.332 e. The third kappa shape index (κ3) is 3.71. The van der Waals surface area contributed by atoms with Gasteiger partial charge in [0.1, 0.15) is 12.4 Å². The van der Waals surface area contributed by atoms with Crippen LogP contribution in [0, 0.1) is 5.82 Å². The number of anilines is 1. The number of piperazine rings is 1. The van der Waals surface area contributed by atoms with Gasteiger partial charge in [-0.2, -0.15) is 13.2 Å². The Morgan fingerprint density at radius 2 is 1.80 bits per heavy atom. The summed E-state index contributed by atoms with van der Waals surface area (Å²) in [5, 5.41) is 2.29. The molecule has 0 bridgehead atoms. The Kier molecular flexibility index (Phi) is 4.91. The first kappa shape index (κ1) is 20.2. The summed E-state index contributed by atoms with van der Waals surface area (Å²) in [6.45, 7) is 2.57. The van der Waals surface area contributed by atoms with Crippen LogP contribution in [0.3, 0.4) is 0 Å². The van der Waals surface area contributed by atoms with Gasteiger partial charge >= 0.3 is 12.2 Å². The van der Waals surface area contributed by atoms with E-state index >= 15 is 0 Å². The molecular weight excluding hydrogens is 402 g/mol. The number of halogens is 4. The Bertz CT molecular complexity index is 1010. The molecule has 0 aromatic heterocycles. The van der Waals surface area contributed by atoms with Gasteiger partial charge in [-0.1, -0.05) is 31.2 Å². The molecule has 2 atom stereocenters. The lowest BCUT2D eigenvalue weighted by molar-refractivity contribution is -0.139. The lowest BCUT2D eigenvalue weighted by Crippen LogP contribution is -2.56. The van der Waals surface area contributed by atoms with Crippen molar-refractivity contribution >= 4 is 17.6 Å². The molecule has 0 aliphatic carbocycles. The zero-order chi connectivity index (χ0) is 21.6. The zero-order valence-corrected chi connectivity index (χ0v) is 16.0. The minimum atomic E-state index is -4.74. The van der Waals surface area contributed by atoms with Gasteiger partial charge < -0.3 is 15.1 Å². The molecule has 2 aromatic carbocycles. The standard InChI is InChI=1S/C21H19F4N3O2/c1-12-9-28-18(17-5-3-2-4-16(12)17)10-27(11-19(28)29)20(30)26-15-7-13(21(23,24)25)6-14(22)8-15/h2-8,12,18H,9-11H2,1H3,(H,26,30). The number of urea groups is 1. The van der Waals surface area contributed by atoms with Crippen LogP contribution < -0.4 is 5.32 Å². The summed E-state index contributed by atoms with van der Waals surface area (Å²) < 4.78 is 52.3. The second kappa shape index (κ2) is 7.30. The molecule has 1 saturated heterocycles. The molecule has 158 valence electrons. The minimum absolute atomic E-state index is 0.162. The third-order valence-corrected chi connectivity index (χ3v) is 5.54. The lowest BCUT2D eigenvalue weighted by atomic mass is 9.85. The number of nitrogens with zero attached hydrogens (tertiary/aromatic N) is 2. The van der Waals surface area contributed by atoms with E-state index in [9.17, 15) is 27.2 Å². The van der Waals surface area contributed by atoms with Crippen LogP contribution in [0.2, 0.25) is 0 Å². The van der Waals surface area contributed by atoms with Gasteiger partial charge in [0.2, 0.25) is 5.91 Å². The highest BCUT2D eigenvalue weighted by atomic mass is 19.4. The number of fused-ring (bicyclic) bond motifs is 3.